The highest BCUT2D eigenvalue weighted by atomic mass is 32.1. The molecule has 2 aromatic carbocycles. The first-order valence-electron chi connectivity index (χ1n) is 7.44. The molecular formula is C18H18N2OS. The van der Waals surface area contributed by atoms with Crippen molar-refractivity contribution in [3.05, 3.63) is 59.7 Å². The third-order valence-corrected chi connectivity index (χ3v) is 4.78. The van der Waals surface area contributed by atoms with Crippen LogP contribution in [0.15, 0.2) is 48.5 Å². The van der Waals surface area contributed by atoms with E-state index in [1.807, 2.05) is 24.3 Å². The zero-order valence-electron chi connectivity index (χ0n) is 12.7. The Morgan fingerprint density at radius 1 is 1.23 bits per heavy atom. The molecule has 1 unspecified atom stereocenters. The number of benzene rings is 2. The minimum absolute atomic E-state index is 0.123. The van der Waals surface area contributed by atoms with Crippen molar-refractivity contribution >= 4 is 32.6 Å². The largest absolute Gasteiger partial charge is 0.298 e. The molecule has 0 bridgehead atoms. The number of carbonyl (C=O) groups excluding carboxylic acids is 1. The SMILES string of the molecule is CCC(C)c1ccc2nc(NC(=O)c3ccccc3)sc2c1. The maximum absolute atomic E-state index is 12.2. The number of hydrogen-bond acceptors (Lipinski definition) is 3. The van der Waals surface area contributed by atoms with Gasteiger partial charge < -0.3 is 0 Å². The smallest absolute Gasteiger partial charge is 0.257 e. The van der Waals surface area contributed by atoms with Crippen molar-refractivity contribution in [1.29, 1.82) is 0 Å². The molecule has 0 spiro atoms. The van der Waals surface area contributed by atoms with Crippen LogP contribution in [0.3, 0.4) is 0 Å². The van der Waals surface area contributed by atoms with Gasteiger partial charge in [0.1, 0.15) is 0 Å². The number of anilines is 1. The molecule has 3 aromatic rings. The highest BCUT2D eigenvalue weighted by molar-refractivity contribution is 7.22. The highest BCUT2D eigenvalue weighted by Crippen LogP contribution is 2.30. The van der Waals surface area contributed by atoms with E-state index in [4.69, 9.17) is 0 Å². The maximum atomic E-state index is 12.2. The van der Waals surface area contributed by atoms with Gasteiger partial charge in [-0.05, 0) is 42.2 Å². The van der Waals surface area contributed by atoms with Crippen molar-refractivity contribution in [1.82, 2.24) is 4.98 Å². The van der Waals surface area contributed by atoms with Crippen LogP contribution in [0.25, 0.3) is 10.2 Å². The molecule has 0 aliphatic carbocycles. The van der Waals surface area contributed by atoms with E-state index in [2.05, 4.69) is 36.3 Å². The van der Waals surface area contributed by atoms with Crippen LogP contribution in [-0.4, -0.2) is 10.9 Å². The minimum atomic E-state index is -0.123. The normalized spacial score (nSPS) is 12.3. The van der Waals surface area contributed by atoms with Crippen molar-refractivity contribution in [2.24, 2.45) is 0 Å². The second kappa shape index (κ2) is 6.28. The number of carbonyl (C=O) groups is 1. The zero-order chi connectivity index (χ0) is 15.5. The van der Waals surface area contributed by atoms with Gasteiger partial charge >= 0.3 is 0 Å². The molecule has 1 heterocycles. The number of fused-ring (bicyclic) bond motifs is 1. The second-order valence-corrected chi connectivity index (χ2v) is 6.41. The number of aromatic nitrogens is 1. The van der Waals surface area contributed by atoms with Gasteiger partial charge in [-0.2, -0.15) is 0 Å². The van der Waals surface area contributed by atoms with E-state index >= 15 is 0 Å². The molecule has 1 N–H and O–H groups in total. The summed E-state index contributed by atoms with van der Waals surface area (Å²) in [6.45, 7) is 4.41. The standard InChI is InChI=1S/C18H18N2OS/c1-3-12(2)14-9-10-15-16(11-14)22-18(19-15)20-17(21)13-7-5-4-6-8-13/h4-12H,3H2,1-2H3,(H,19,20,21). The third kappa shape index (κ3) is 3.02. The lowest BCUT2D eigenvalue weighted by atomic mass is 9.99. The van der Waals surface area contributed by atoms with E-state index in [0.29, 0.717) is 16.6 Å². The Morgan fingerprint density at radius 2 is 2.00 bits per heavy atom. The molecule has 3 rings (SSSR count). The summed E-state index contributed by atoms with van der Waals surface area (Å²) in [6, 6.07) is 15.5. The van der Waals surface area contributed by atoms with Gasteiger partial charge in [0.05, 0.1) is 10.2 Å². The van der Waals surface area contributed by atoms with Gasteiger partial charge in [-0.25, -0.2) is 4.98 Å². The quantitative estimate of drug-likeness (QED) is 0.731. The van der Waals surface area contributed by atoms with Gasteiger partial charge in [-0.3, -0.25) is 10.1 Å². The first kappa shape index (κ1) is 14.7. The molecule has 0 fully saturated rings. The summed E-state index contributed by atoms with van der Waals surface area (Å²) < 4.78 is 1.11. The van der Waals surface area contributed by atoms with Crippen molar-refractivity contribution in [2.75, 3.05) is 5.32 Å². The fraction of sp³-hybridized carbons (Fsp3) is 0.222. The lowest BCUT2D eigenvalue weighted by molar-refractivity contribution is 0.102. The molecule has 0 saturated heterocycles. The van der Waals surface area contributed by atoms with Crippen LogP contribution in [0.4, 0.5) is 5.13 Å². The number of amides is 1. The number of thiazole rings is 1. The Morgan fingerprint density at radius 3 is 2.73 bits per heavy atom. The van der Waals surface area contributed by atoms with E-state index in [0.717, 1.165) is 16.6 Å². The molecule has 4 heteroatoms. The monoisotopic (exact) mass is 310 g/mol. The molecule has 0 aliphatic heterocycles. The summed E-state index contributed by atoms with van der Waals surface area (Å²) in [5.74, 6) is 0.413. The molecule has 1 atom stereocenters. The summed E-state index contributed by atoms with van der Waals surface area (Å²) in [7, 11) is 0. The minimum Gasteiger partial charge on any atom is -0.298 e. The van der Waals surface area contributed by atoms with Crippen LogP contribution < -0.4 is 5.32 Å². The molecule has 22 heavy (non-hydrogen) atoms. The van der Waals surface area contributed by atoms with Crippen LogP contribution in [-0.2, 0) is 0 Å². The number of hydrogen-bond donors (Lipinski definition) is 1. The molecule has 0 radical (unpaired) electrons. The Labute approximate surface area is 134 Å². The summed E-state index contributed by atoms with van der Waals surface area (Å²) in [5, 5.41) is 3.52. The molecule has 0 aliphatic rings. The summed E-state index contributed by atoms with van der Waals surface area (Å²) in [4.78, 5) is 16.7. The number of rotatable bonds is 4. The van der Waals surface area contributed by atoms with Gasteiger partial charge in [-0.15, -0.1) is 0 Å². The van der Waals surface area contributed by atoms with Crippen molar-refractivity contribution in [3.8, 4) is 0 Å². The molecule has 112 valence electrons. The van der Waals surface area contributed by atoms with E-state index in [1.54, 1.807) is 12.1 Å². The van der Waals surface area contributed by atoms with Crippen LogP contribution in [0.1, 0.15) is 42.1 Å². The summed E-state index contributed by atoms with van der Waals surface area (Å²) in [6.07, 6.45) is 1.11. The zero-order valence-corrected chi connectivity index (χ0v) is 13.5. The van der Waals surface area contributed by atoms with E-state index < -0.39 is 0 Å². The van der Waals surface area contributed by atoms with Gasteiger partial charge in [0.2, 0.25) is 0 Å². The van der Waals surface area contributed by atoms with Gasteiger partial charge in [-0.1, -0.05) is 49.4 Å². The fourth-order valence-corrected chi connectivity index (χ4v) is 3.21. The molecule has 0 saturated carbocycles. The topological polar surface area (TPSA) is 42.0 Å². The Kier molecular flexibility index (Phi) is 4.20. The van der Waals surface area contributed by atoms with Crippen molar-refractivity contribution in [2.45, 2.75) is 26.2 Å². The van der Waals surface area contributed by atoms with Crippen LogP contribution in [0.2, 0.25) is 0 Å². The summed E-state index contributed by atoms with van der Waals surface area (Å²) >= 11 is 1.52. The first-order valence-corrected chi connectivity index (χ1v) is 8.26. The Bertz CT molecular complexity index is 795. The van der Waals surface area contributed by atoms with E-state index in [9.17, 15) is 4.79 Å². The molecule has 1 aromatic heterocycles. The van der Waals surface area contributed by atoms with Crippen LogP contribution >= 0.6 is 11.3 Å². The Balaban J connectivity index is 1.84. The molecular weight excluding hydrogens is 292 g/mol. The van der Waals surface area contributed by atoms with Crippen LogP contribution in [0.5, 0.6) is 0 Å². The average Bonchev–Trinajstić information content (AvgIpc) is 2.96. The van der Waals surface area contributed by atoms with Crippen molar-refractivity contribution < 1.29 is 4.79 Å². The Hall–Kier alpha value is -2.20. The van der Waals surface area contributed by atoms with E-state index in [1.165, 1.54) is 16.9 Å². The number of nitrogens with one attached hydrogen (secondary N) is 1. The predicted molar refractivity (Wildman–Crippen MR) is 92.7 cm³/mol. The number of nitrogens with zero attached hydrogens (tertiary/aromatic N) is 1. The predicted octanol–water partition coefficient (Wildman–Crippen LogP) is 5.06. The fourth-order valence-electron chi connectivity index (χ4n) is 2.30. The van der Waals surface area contributed by atoms with Crippen LogP contribution in [0, 0.1) is 0 Å². The van der Waals surface area contributed by atoms with E-state index in [-0.39, 0.29) is 5.91 Å². The highest BCUT2D eigenvalue weighted by Gasteiger charge is 2.11. The third-order valence-electron chi connectivity index (χ3n) is 3.85. The molecule has 1 amide bonds. The first-order chi connectivity index (χ1) is 10.7. The lowest BCUT2D eigenvalue weighted by Crippen LogP contribution is -2.11. The lowest BCUT2D eigenvalue weighted by Gasteiger charge is -2.07. The van der Waals surface area contributed by atoms with Gasteiger partial charge in [0.25, 0.3) is 5.91 Å². The average molecular weight is 310 g/mol. The van der Waals surface area contributed by atoms with Gasteiger partial charge in [0, 0.05) is 5.56 Å². The van der Waals surface area contributed by atoms with Crippen molar-refractivity contribution in [3.63, 3.8) is 0 Å². The maximum Gasteiger partial charge on any atom is 0.257 e. The molecule has 3 nitrogen and oxygen atoms in total. The second-order valence-electron chi connectivity index (χ2n) is 5.38. The van der Waals surface area contributed by atoms with Gasteiger partial charge in [0.15, 0.2) is 5.13 Å². The summed E-state index contributed by atoms with van der Waals surface area (Å²) in [5.41, 5.74) is 2.89.